The fourth-order valence-corrected chi connectivity index (χ4v) is 5.18. The van der Waals surface area contributed by atoms with Gasteiger partial charge < -0.3 is 0 Å². The first-order chi connectivity index (χ1) is 10.6. The first kappa shape index (κ1) is 15.3. The number of likely N-dealkylation sites (tertiary alicyclic amines) is 1. The lowest BCUT2D eigenvalue weighted by molar-refractivity contribution is 0.320. The van der Waals surface area contributed by atoms with Crippen molar-refractivity contribution in [2.24, 2.45) is 5.92 Å². The summed E-state index contributed by atoms with van der Waals surface area (Å²) in [6, 6.07) is 19.0. The molecule has 0 aromatic heterocycles. The molecule has 1 heterocycles. The molecule has 0 spiro atoms. The topological polar surface area (TPSA) is 37.4 Å². The van der Waals surface area contributed by atoms with Gasteiger partial charge in [-0.25, -0.2) is 8.42 Å². The van der Waals surface area contributed by atoms with Crippen molar-refractivity contribution in [3.05, 3.63) is 66.2 Å². The summed E-state index contributed by atoms with van der Waals surface area (Å²) in [5, 5.41) is -0.321. The van der Waals surface area contributed by atoms with Gasteiger partial charge in [0, 0.05) is 19.6 Å². The van der Waals surface area contributed by atoms with Crippen LogP contribution in [0, 0.1) is 5.92 Å². The highest BCUT2D eigenvalue weighted by Gasteiger charge is 2.39. The van der Waals surface area contributed by atoms with Gasteiger partial charge in [-0.05, 0) is 23.6 Å². The molecule has 1 aliphatic heterocycles. The summed E-state index contributed by atoms with van der Waals surface area (Å²) in [6.45, 7) is 4.28. The highest BCUT2D eigenvalue weighted by Crippen LogP contribution is 2.28. The van der Waals surface area contributed by atoms with Gasteiger partial charge in [0.05, 0.1) is 10.1 Å². The van der Waals surface area contributed by atoms with Crippen molar-refractivity contribution in [3.8, 4) is 0 Å². The van der Waals surface area contributed by atoms with E-state index in [0.29, 0.717) is 11.4 Å². The van der Waals surface area contributed by atoms with Gasteiger partial charge in [-0.2, -0.15) is 0 Å². The van der Waals surface area contributed by atoms with E-state index in [1.54, 1.807) is 24.3 Å². The normalized spacial score (nSPS) is 22.8. The first-order valence-electron chi connectivity index (χ1n) is 7.62. The van der Waals surface area contributed by atoms with E-state index in [0.717, 1.165) is 13.1 Å². The van der Waals surface area contributed by atoms with Crippen molar-refractivity contribution in [1.82, 2.24) is 4.90 Å². The molecule has 4 heteroatoms. The Balaban J connectivity index is 1.76. The van der Waals surface area contributed by atoms with Crippen LogP contribution in [0.15, 0.2) is 65.6 Å². The molecule has 3 nitrogen and oxygen atoms in total. The van der Waals surface area contributed by atoms with Gasteiger partial charge in [0.1, 0.15) is 0 Å². The first-order valence-corrected chi connectivity index (χ1v) is 9.17. The van der Waals surface area contributed by atoms with Gasteiger partial charge in [-0.15, -0.1) is 0 Å². The van der Waals surface area contributed by atoms with Gasteiger partial charge in [0.2, 0.25) is 0 Å². The van der Waals surface area contributed by atoms with Crippen molar-refractivity contribution in [3.63, 3.8) is 0 Å². The monoisotopic (exact) mass is 315 g/mol. The largest absolute Gasteiger partial charge is 0.297 e. The Morgan fingerprint density at radius 1 is 0.955 bits per heavy atom. The Morgan fingerprint density at radius 2 is 1.55 bits per heavy atom. The molecule has 2 aromatic carbocycles. The summed E-state index contributed by atoms with van der Waals surface area (Å²) in [5.41, 5.74) is 1.23. The molecule has 1 saturated heterocycles. The zero-order chi connectivity index (χ0) is 15.6. The van der Waals surface area contributed by atoms with E-state index in [2.05, 4.69) is 17.0 Å². The average Bonchev–Trinajstić information content (AvgIpc) is 2.90. The summed E-state index contributed by atoms with van der Waals surface area (Å²) in [5.74, 6) is 0.147. The third kappa shape index (κ3) is 3.08. The predicted molar refractivity (Wildman–Crippen MR) is 88.3 cm³/mol. The molecular weight excluding hydrogens is 294 g/mol. The smallest absolute Gasteiger partial charge is 0.182 e. The summed E-state index contributed by atoms with van der Waals surface area (Å²) in [6.07, 6.45) is 0. The summed E-state index contributed by atoms with van der Waals surface area (Å²) < 4.78 is 25.6. The number of hydrogen-bond acceptors (Lipinski definition) is 3. The van der Waals surface area contributed by atoms with E-state index in [4.69, 9.17) is 0 Å². The van der Waals surface area contributed by atoms with E-state index in [-0.39, 0.29) is 11.2 Å². The van der Waals surface area contributed by atoms with Crippen LogP contribution in [0.2, 0.25) is 0 Å². The van der Waals surface area contributed by atoms with E-state index in [9.17, 15) is 8.42 Å². The maximum absolute atomic E-state index is 12.8. The molecule has 0 bridgehead atoms. The molecule has 0 saturated carbocycles. The quantitative estimate of drug-likeness (QED) is 0.870. The van der Waals surface area contributed by atoms with Gasteiger partial charge in [-0.1, -0.05) is 55.5 Å². The Bertz CT molecular complexity index is 713. The molecule has 0 N–H and O–H groups in total. The number of hydrogen-bond donors (Lipinski definition) is 0. The SMILES string of the molecule is C[C@H]1CN(Cc2ccccc2)C[C@@H]1S(=O)(=O)c1ccccc1. The Kier molecular flexibility index (Phi) is 4.32. The number of rotatable bonds is 4. The molecule has 3 rings (SSSR count). The lowest BCUT2D eigenvalue weighted by Gasteiger charge is -2.16. The summed E-state index contributed by atoms with van der Waals surface area (Å²) in [4.78, 5) is 2.68. The molecule has 1 aliphatic rings. The van der Waals surface area contributed by atoms with Crippen LogP contribution in [0.25, 0.3) is 0 Å². The zero-order valence-corrected chi connectivity index (χ0v) is 13.5. The summed E-state index contributed by atoms with van der Waals surface area (Å²) in [7, 11) is -3.25. The van der Waals surface area contributed by atoms with Crippen molar-refractivity contribution in [2.45, 2.75) is 23.6 Å². The van der Waals surface area contributed by atoms with Crippen LogP contribution in [0.3, 0.4) is 0 Å². The predicted octanol–water partition coefficient (Wildman–Crippen LogP) is 2.98. The van der Waals surface area contributed by atoms with Crippen molar-refractivity contribution >= 4 is 9.84 Å². The number of benzene rings is 2. The van der Waals surface area contributed by atoms with Crippen LogP contribution < -0.4 is 0 Å². The van der Waals surface area contributed by atoms with Gasteiger partial charge in [-0.3, -0.25) is 4.90 Å². The molecule has 22 heavy (non-hydrogen) atoms. The molecule has 0 aliphatic carbocycles. The minimum atomic E-state index is -3.25. The molecule has 116 valence electrons. The van der Waals surface area contributed by atoms with E-state index in [1.165, 1.54) is 5.56 Å². The fourth-order valence-electron chi connectivity index (χ4n) is 3.19. The lowest BCUT2D eigenvalue weighted by atomic mass is 10.1. The summed E-state index contributed by atoms with van der Waals surface area (Å²) >= 11 is 0. The Labute approximate surface area is 132 Å². The second-order valence-corrected chi connectivity index (χ2v) is 8.22. The highest BCUT2D eigenvalue weighted by molar-refractivity contribution is 7.92. The highest BCUT2D eigenvalue weighted by atomic mass is 32.2. The second-order valence-electron chi connectivity index (χ2n) is 6.05. The number of sulfone groups is 1. The second kappa shape index (κ2) is 6.23. The standard InChI is InChI=1S/C18H21NO2S/c1-15-12-19(13-16-8-4-2-5-9-16)14-18(15)22(20,21)17-10-6-3-7-11-17/h2-11,15,18H,12-14H2,1H3/t15-,18-/m0/s1. The van der Waals surface area contributed by atoms with Gasteiger partial charge >= 0.3 is 0 Å². The van der Waals surface area contributed by atoms with Crippen LogP contribution in [0.5, 0.6) is 0 Å². The van der Waals surface area contributed by atoms with Crippen LogP contribution in [-0.4, -0.2) is 31.7 Å². The average molecular weight is 315 g/mol. The fraction of sp³-hybridized carbons (Fsp3) is 0.333. The van der Waals surface area contributed by atoms with Crippen LogP contribution in [0.4, 0.5) is 0 Å². The maximum Gasteiger partial charge on any atom is 0.182 e. The molecule has 0 amide bonds. The third-order valence-electron chi connectivity index (χ3n) is 4.34. The maximum atomic E-state index is 12.8. The molecule has 0 unspecified atom stereocenters. The molecule has 0 radical (unpaired) electrons. The van der Waals surface area contributed by atoms with E-state index in [1.807, 2.05) is 31.2 Å². The molecule has 2 aromatic rings. The Hall–Kier alpha value is -1.65. The minimum absolute atomic E-state index is 0.147. The molecule has 1 fully saturated rings. The van der Waals surface area contributed by atoms with Crippen molar-refractivity contribution in [1.29, 1.82) is 0 Å². The third-order valence-corrected chi connectivity index (χ3v) is 6.68. The van der Waals surface area contributed by atoms with Crippen molar-refractivity contribution in [2.75, 3.05) is 13.1 Å². The number of nitrogens with zero attached hydrogens (tertiary/aromatic N) is 1. The minimum Gasteiger partial charge on any atom is -0.297 e. The van der Waals surface area contributed by atoms with Crippen LogP contribution in [-0.2, 0) is 16.4 Å². The zero-order valence-electron chi connectivity index (χ0n) is 12.7. The molecular formula is C18H21NO2S. The van der Waals surface area contributed by atoms with Crippen LogP contribution >= 0.6 is 0 Å². The van der Waals surface area contributed by atoms with Crippen LogP contribution in [0.1, 0.15) is 12.5 Å². The van der Waals surface area contributed by atoms with E-state index >= 15 is 0 Å². The molecule has 2 atom stereocenters. The van der Waals surface area contributed by atoms with Crippen molar-refractivity contribution < 1.29 is 8.42 Å². The Morgan fingerprint density at radius 3 is 2.18 bits per heavy atom. The van der Waals surface area contributed by atoms with Gasteiger partial charge in [0.25, 0.3) is 0 Å². The van der Waals surface area contributed by atoms with E-state index < -0.39 is 9.84 Å². The van der Waals surface area contributed by atoms with Gasteiger partial charge in [0.15, 0.2) is 9.84 Å². The lowest BCUT2D eigenvalue weighted by Crippen LogP contribution is -2.29.